The predicted molar refractivity (Wildman–Crippen MR) is 67.2 cm³/mol. The van der Waals surface area contributed by atoms with Crippen LogP contribution in [0.5, 0.6) is 0 Å². The summed E-state index contributed by atoms with van der Waals surface area (Å²) in [7, 11) is 0.535. The fraction of sp³-hybridized carbons (Fsp3) is 0.636. The van der Waals surface area contributed by atoms with Gasteiger partial charge < -0.3 is 4.42 Å². The van der Waals surface area contributed by atoms with Crippen molar-refractivity contribution in [1.29, 1.82) is 0 Å². The van der Waals surface area contributed by atoms with Gasteiger partial charge in [-0.3, -0.25) is 4.90 Å². The lowest BCUT2D eigenvalue weighted by molar-refractivity contribution is 0.259. The van der Waals surface area contributed by atoms with Crippen LogP contribution < -0.4 is 4.72 Å². The summed E-state index contributed by atoms with van der Waals surface area (Å²) in [6.45, 7) is 3.61. The first-order valence-corrected chi connectivity index (χ1v) is 7.07. The normalized spacial score (nSPS) is 14.5. The molecule has 1 aromatic rings. The monoisotopic (exact) mass is 260 g/mol. The second-order valence-electron chi connectivity index (χ2n) is 4.44. The van der Waals surface area contributed by atoms with Gasteiger partial charge in [0.25, 0.3) is 0 Å². The summed E-state index contributed by atoms with van der Waals surface area (Å²) in [5.74, 6) is 0.751. The van der Waals surface area contributed by atoms with Crippen molar-refractivity contribution in [3.8, 4) is 0 Å². The van der Waals surface area contributed by atoms with Gasteiger partial charge in [0.2, 0.25) is 10.0 Å². The first kappa shape index (κ1) is 14.2. The minimum absolute atomic E-state index is 0.0986. The Kier molecular flexibility index (Phi) is 4.73. The molecule has 0 saturated heterocycles. The van der Waals surface area contributed by atoms with E-state index in [4.69, 9.17) is 4.42 Å². The quantitative estimate of drug-likeness (QED) is 0.835. The van der Waals surface area contributed by atoms with Crippen LogP contribution in [0.1, 0.15) is 25.6 Å². The molecule has 0 saturated carbocycles. The average Bonchev–Trinajstić information content (AvgIpc) is 2.70. The molecule has 0 aliphatic heterocycles. The van der Waals surface area contributed by atoms with Crippen molar-refractivity contribution in [2.24, 2.45) is 0 Å². The zero-order valence-electron chi connectivity index (χ0n) is 10.7. The van der Waals surface area contributed by atoms with Gasteiger partial charge in [-0.15, -0.1) is 0 Å². The molecule has 0 aliphatic carbocycles. The summed E-state index contributed by atoms with van der Waals surface area (Å²) in [6.07, 6.45) is 1.59. The Morgan fingerprint density at radius 2 is 2.06 bits per heavy atom. The fourth-order valence-corrected chi connectivity index (χ4v) is 2.10. The molecule has 0 spiro atoms. The third-order valence-electron chi connectivity index (χ3n) is 2.59. The summed E-state index contributed by atoms with van der Waals surface area (Å²) < 4.78 is 31.2. The van der Waals surface area contributed by atoms with E-state index in [9.17, 15) is 8.42 Å². The molecule has 0 amide bonds. The summed E-state index contributed by atoms with van der Waals surface area (Å²) in [5, 5.41) is -0.429. The van der Waals surface area contributed by atoms with Crippen molar-refractivity contribution < 1.29 is 12.8 Å². The molecule has 1 heterocycles. The van der Waals surface area contributed by atoms with E-state index in [2.05, 4.69) is 4.72 Å². The molecule has 98 valence electrons. The maximum atomic E-state index is 11.7. The van der Waals surface area contributed by atoms with Crippen LogP contribution in [0, 0.1) is 0 Å². The molecular weight excluding hydrogens is 240 g/mol. The van der Waals surface area contributed by atoms with E-state index in [1.54, 1.807) is 26.2 Å². The second-order valence-corrected chi connectivity index (χ2v) is 6.76. The first-order valence-electron chi connectivity index (χ1n) is 5.53. The minimum Gasteiger partial charge on any atom is -0.468 e. The standard InChI is InChI=1S/C11H20N2O3S/c1-9(2)17(14,15)12-8-10(13(3)4)11-6-5-7-16-11/h5-7,9-10,12H,8H2,1-4H3. The van der Waals surface area contributed by atoms with E-state index in [0.29, 0.717) is 6.54 Å². The maximum absolute atomic E-state index is 11.7. The zero-order valence-corrected chi connectivity index (χ0v) is 11.5. The highest BCUT2D eigenvalue weighted by molar-refractivity contribution is 7.90. The molecule has 5 nitrogen and oxygen atoms in total. The number of hydrogen-bond donors (Lipinski definition) is 1. The van der Waals surface area contributed by atoms with Gasteiger partial charge in [-0.2, -0.15) is 0 Å². The molecule has 1 atom stereocenters. The number of likely N-dealkylation sites (N-methyl/N-ethyl adjacent to an activating group) is 1. The van der Waals surface area contributed by atoms with Crippen LogP contribution in [-0.4, -0.2) is 39.2 Å². The van der Waals surface area contributed by atoms with Crippen molar-refractivity contribution in [3.63, 3.8) is 0 Å². The van der Waals surface area contributed by atoms with Gasteiger partial charge in [-0.05, 0) is 40.1 Å². The number of nitrogens with zero attached hydrogens (tertiary/aromatic N) is 1. The van der Waals surface area contributed by atoms with Crippen LogP contribution in [0.3, 0.4) is 0 Å². The number of rotatable bonds is 6. The van der Waals surface area contributed by atoms with Crippen molar-refractivity contribution in [2.45, 2.75) is 25.1 Å². The highest BCUT2D eigenvalue weighted by atomic mass is 32.2. The Morgan fingerprint density at radius 3 is 2.47 bits per heavy atom. The maximum Gasteiger partial charge on any atom is 0.213 e. The van der Waals surface area contributed by atoms with E-state index in [1.807, 2.05) is 25.1 Å². The molecule has 6 heteroatoms. The van der Waals surface area contributed by atoms with Gasteiger partial charge in [-0.25, -0.2) is 13.1 Å². The molecule has 0 bridgehead atoms. The van der Waals surface area contributed by atoms with Crippen molar-refractivity contribution in [1.82, 2.24) is 9.62 Å². The van der Waals surface area contributed by atoms with Gasteiger partial charge in [0, 0.05) is 6.54 Å². The lowest BCUT2D eigenvalue weighted by atomic mass is 10.2. The summed E-state index contributed by atoms with van der Waals surface area (Å²) in [4.78, 5) is 1.92. The minimum atomic E-state index is -3.24. The van der Waals surface area contributed by atoms with E-state index in [-0.39, 0.29) is 6.04 Å². The van der Waals surface area contributed by atoms with Gasteiger partial charge in [0.1, 0.15) is 5.76 Å². The average molecular weight is 260 g/mol. The van der Waals surface area contributed by atoms with Gasteiger partial charge in [0.05, 0.1) is 17.6 Å². The molecule has 0 aliphatic rings. The number of hydrogen-bond acceptors (Lipinski definition) is 4. The lowest BCUT2D eigenvalue weighted by Gasteiger charge is -2.23. The number of nitrogens with one attached hydrogen (secondary N) is 1. The van der Waals surface area contributed by atoms with Gasteiger partial charge in [-0.1, -0.05) is 0 Å². The van der Waals surface area contributed by atoms with Crippen LogP contribution in [0.2, 0.25) is 0 Å². The van der Waals surface area contributed by atoms with Crippen LogP contribution in [0.25, 0.3) is 0 Å². The molecule has 0 fully saturated rings. The van der Waals surface area contributed by atoms with Crippen molar-refractivity contribution in [3.05, 3.63) is 24.2 Å². The largest absolute Gasteiger partial charge is 0.468 e. The summed E-state index contributed by atoms with van der Waals surface area (Å²) in [5.41, 5.74) is 0. The first-order chi connectivity index (χ1) is 7.84. The number of sulfonamides is 1. The highest BCUT2D eigenvalue weighted by Crippen LogP contribution is 2.18. The van der Waals surface area contributed by atoms with Gasteiger partial charge in [0.15, 0.2) is 0 Å². The Hall–Kier alpha value is -0.850. The SMILES string of the molecule is CC(C)S(=O)(=O)NCC(c1ccco1)N(C)C. The Balaban J connectivity index is 2.71. The van der Waals surface area contributed by atoms with Gasteiger partial charge >= 0.3 is 0 Å². The smallest absolute Gasteiger partial charge is 0.213 e. The van der Waals surface area contributed by atoms with Crippen LogP contribution >= 0.6 is 0 Å². The molecule has 0 aromatic carbocycles. The van der Waals surface area contributed by atoms with E-state index < -0.39 is 15.3 Å². The second kappa shape index (κ2) is 5.66. The molecular formula is C11H20N2O3S. The van der Waals surface area contributed by atoms with Crippen LogP contribution in [0.4, 0.5) is 0 Å². The zero-order chi connectivity index (χ0) is 13.1. The molecule has 1 unspecified atom stereocenters. The van der Waals surface area contributed by atoms with E-state index in [0.717, 1.165) is 5.76 Å². The molecule has 1 aromatic heterocycles. The summed E-state index contributed by atoms with van der Waals surface area (Å²) in [6, 6.07) is 3.54. The summed E-state index contributed by atoms with van der Waals surface area (Å²) >= 11 is 0. The lowest BCUT2D eigenvalue weighted by Crippen LogP contribution is -2.37. The predicted octanol–water partition coefficient (Wildman–Crippen LogP) is 1.21. The van der Waals surface area contributed by atoms with E-state index in [1.165, 1.54) is 0 Å². The molecule has 1 rings (SSSR count). The van der Waals surface area contributed by atoms with Crippen LogP contribution in [0.15, 0.2) is 22.8 Å². The molecule has 0 radical (unpaired) electrons. The fourth-order valence-electron chi connectivity index (χ4n) is 1.38. The number of furan rings is 1. The van der Waals surface area contributed by atoms with Crippen molar-refractivity contribution >= 4 is 10.0 Å². The highest BCUT2D eigenvalue weighted by Gasteiger charge is 2.21. The molecule has 17 heavy (non-hydrogen) atoms. The molecule has 1 N–H and O–H groups in total. The Bertz CT molecular complexity index is 424. The third kappa shape index (κ3) is 3.83. The Morgan fingerprint density at radius 1 is 1.41 bits per heavy atom. The Labute approximate surface area is 103 Å². The van der Waals surface area contributed by atoms with Crippen LogP contribution in [-0.2, 0) is 10.0 Å². The topological polar surface area (TPSA) is 62.6 Å². The van der Waals surface area contributed by atoms with E-state index >= 15 is 0 Å². The third-order valence-corrected chi connectivity index (χ3v) is 4.40. The van der Waals surface area contributed by atoms with Crippen molar-refractivity contribution in [2.75, 3.05) is 20.6 Å².